The second kappa shape index (κ2) is 9.12. The molecule has 0 unspecified atom stereocenters. The average Bonchev–Trinajstić information content (AvgIpc) is 2.69. The lowest BCUT2D eigenvalue weighted by Crippen LogP contribution is -2.38. The average molecular weight is 419 g/mol. The predicted octanol–water partition coefficient (Wildman–Crippen LogP) is 3.74. The van der Waals surface area contributed by atoms with Gasteiger partial charge in [-0.3, -0.25) is 14.4 Å². The minimum atomic E-state index is -0.983. The maximum atomic E-state index is 12.2. The third-order valence-corrected chi connectivity index (χ3v) is 5.53. The van der Waals surface area contributed by atoms with Crippen LogP contribution in [0.2, 0.25) is 5.02 Å². The quantitative estimate of drug-likeness (QED) is 0.723. The summed E-state index contributed by atoms with van der Waals surface area (Å²) in [5.74, 6) is -0.744. The number of amides is 2. The second-order valence-electron chi connectivity index (χ2n) is 6.15. The Morgan fingerprint density at radius 1 is 1.21 bits per heavy atom. The van der Waals surface area contributed by atoms with Gasteiger partial charge in [-0.2, -0.15) is 0 Å². The number of anilines is 2. The van der Waals surface area contributed by atoms with E-state index < -0.39 is 18.0 Å². The first-order valence-electron chi connectivity index (χ1n) is 8.73. The summed E-state index contributed by atoms with van der Waals surface area (Å²) >= 11 is 7.49. The fourth-order valence-electron chi connectivity index (χ4n) is 2.71. The zero-order valence-corrected chi connectivity index (χ0v) is 16.8. The van der Waals surface area contributed by atoms with Gasteiger partial charge < -0.3 is 15.0 Å². The number of carbonyl (C=O) groups is 3. The molecular formula is C20H19ClN2O4S. The molecule has 0 aliphatic carbocycles. The fourth-order valence-corrected chi connectivity index (χ4v) is 3.83. The van der Waals surface area contributed by atoms with E-state index in [9.17, 15) is 14.4 Å². The Hall–Kier alpha value is -2.51. The number of nitrogens with zero attached hydrogens (tertiary/aromatic N) is 1. The smallest absolute Gasteiger partial charge is 0.308 e. The molecule has 0 aromatic heterocycles. The second-order valence-corrected chi connectivity index (χ2v) is 7.58. The molecule has 0 saturated heterocycles. The number of thioether (sulfide) groups is 1. The molecule has 0 fully saturated rings. The van der Waals surface area contributed by atoms with Crippen molar-refractivity contribution in [1.82, 2.24) is 0 Å². The predicted molar refractivity (Wildman–Crippen MR) is 110 cm³/mol. The van der Waals surface area contributed by atoms with Crippen molar-refractivity contribution in [2.75, 3.05) is 22.5 Å². The molecule has 3 rings (SSSR count). The van der Waals surface area contributed by atoms with E-state index in [-0.39, 0.29) is 18.9 Å². The van der Waals surface area contributed by atoms with Crippen LogP contribution in [0.15, 0.2) is 53.4 Å². The van der Waals surface area contributed by atoms with Gasteiger partial charge in [0.2, 0.25) is 5.91 Å². The number of nitrogens with one attached hydrogen (secondary N) is 1. The first-order chi connectivity index (χ1) is 13.5. The van der Waals surface area contributed by atoms with Crippen molar-refractivity contribution in [1.29, 1.82) is 0 Å². The van der Waals surface area contributed by atoms with E-state index in [1.54, 1.807) is 29.2 Å². The molecule has 8 heteroatoms. The maximum absolute atomic E-state index is 12.2. The van der Waals surface area contributed by atoms with Gasteiger partial charge in [0.25, 0.3) is 5.91 Å². The third kappa shape index (κ3) is 4.85. The summed E-state index contributed by atoms with van der Waals surface area (Å²) in [5, 5.41) is 3.02. The third-order valence-electron chi connectivity index (χ3n) is 4.16. The maximum Gasteiger partial charge on any atom is 0.308 e. The molecule has 1 atom stereocenters. The molecule has 0 bridgehead atoms. The summed E-state index contributed by atoms with van der Waals surface area (Å²) in [4.78, 5) is 39.2. The van der Waals surface area contributed by atoms with Crippen molar-refractivity contribution in [2.45, 2.75) is 24.3 Å². The van der Waals surface area contributed by atoms with Crippen LogP contribution in [-0.4, -0.2) is 36.2 Å². The van der Waals surface area contributed by atoms with E-state index >= 15 is 0 Å². The Balaban J connectivity index is 1.53. The zero-order valence-electron chi connectivity index (χ0n) is 15.2. The molecule has 2 aromatic carbocycles. The van der Waals surface area contributed by atoms with Gasteiger partial charge in [-0.1, -0.05) is 35.9 Å². The van der Waals surface area contributed by atoms with E-state index in [4.69, 9.17) is 16.3 Å². The summed E-state index contributed by atoms with van der Waals surface area (Å²) in [6.07, 6.45) is -0.988. The Morgan fingerprint density at radius 3 is 2.71 bits per heavy atom. The summed E-state index contributed by atoms with van der Waals surface area (Å²) in [7, 11) is 0. The number of esters is 1. The van der Waals surface area contributed by atoms with Crippen LogP contribution in [0, 0.1) is 0 Å². The van der Waals surface area contributed by atoms with Crippen molar-refractivity contribution in [3.8, 4) is 0 Å². The Morgan fingerprint density at radius 2 is 1.93 bits per heavy atom. The van der Waals surface area contributed by atoms with Crippen LogP contribution < -0.4 is 10.2 Å². The Bertz CT molecular complexity index is 905. The monoisotopic (exact) mass is 418 g/mol. The Kier molecular flexibility index (Phi) is 6.59. The summed E-state index contributed by atoms with van der Waals surface area (Å²) in [6, 6.07) is 14.4. The number of ether oxygens (including phenoxy) is 1. The highest BCUT2D eigenvalue weighted by Gasteiger charge is 2.26. The highest BCUT2D eigenvalue weighted by Crippen LogP contribution is 2.34. The van der Waals surface area contributed by atoms with Crippen molar-refractivity contribution >= 4 is 52.5 Å². The number of fused-ring (bicyclic) bond motifs is 1. The molecule has 0 saturated carbocycles. The summed E-state index contributed by atoms with van der Waals surface area (Å²) in [6.45, 7) is 1.69. The number of hydrogen-bond donors (Lipinski definition) is 1. The number of para-hydroxylation sites is 2. The van der Waals surface area contributed by atoms with Crippen LogP contribution in [0.1, 0.15) is 13.3 Å². The molecule has 146 valence electrons. The SMILES string of the molecule is C[C@H](OC(=O)CCN1C(=O)CSc2ccccc21)C(=O)Nc1ccccc1Cl. The van der Waals surface area contributed by atoms with E-state index in [2.05, 4.69) is 5.32 Å². The lowest BCUT2D eigenvalue weighted by Gasteiger charge is -2.28. The van der Waals surface area contributed by atoms with Gasteiger partial charge in [-0.05, 0) is 31.2 Å². The summed E-state index contributed by atoms with van der Waals surface area (Å²) < 4.78 is 5.20. The standard InChI is InChI=1S/C20H19ClN2O4S/c1-13(20(26)22-15-7-3-2-6-14(15)21)27-19(25)10-11-23-16-8-4-5-9-17(16)28-12-18(23)24/h2-9,13H,10-12H2,1H3,(H,22,26)/t13-/m0/s1. The van der Waals surface area contributed by atoms with Crippen LogP contribution in [0.5, 0.6) is 0 Å². The highest BCUT2D eigenvalue weighted by atomic mass is 35.5. The van der Waals surface area contributed by atoms with Crippen molar-refractivity contribution in [2.24, 2.45) is 0 Å². The molecule has 1 aliphatic rings. The lowest BCUT2D eigenvalue weighted by molar-refractivity contribution is -0.152. The number of rotatable bonds is 6. The minimum Gasteiger partial charge on any atom is -0.452 e. The largest absolute Gasteiger partial charge is 0.452 e. The first-order valence-corrected chi connectivity index (χ1v) is 10.1. The molecule has 1 N–H and O–H groups in total. The molecule has 0 spiro atoms. The lowest BCUT2D eigenvalue weighted by atomic mass is 10.2. The van der Waals surface area contributed by atoms with Gasteiger partial charge in [0.15, 0.2) is 6.10 Å². The van der Waals surface area contributed by atoms with Crippen molar-refractivity contribution in [3.63, 3.8) is 0 Å². The molecule has 0 radical (unpaired) electrons. The van der Waals surface area contributed by atoms with Gasteiger partial charge >= 0.3 is 5.97 Å². The normalized spacial score (nSPS) is 14.2. The molecule has 1 aliphatic heterocycles. The van der Waals surface area contributed by atoms with Gasteiger partial charge in [-0.15, -0.1) is 11.8 Å². The zero-order chi connectivity index (χ0) is 20.1. The fraction of sp³-hybridized carbons (Fsp3) is 0.250. The van der Waals surface area contributed by atoms with Crippen LogP contribution in [0.3, 0.4) is 0 Å². The number of halogens is 1. The van der Waals surface area contributed by atoms with Gasteiger partial charge in [0.05, 0.1) is 28.6 Å². The van der Waals surface area contributed by atoms with E-state index in [0.717, 1.165) is 10.6 Å². The minimum absolute atomic E-state index is 0.00550. The van der Waals surface area contributed by atoms with Crippen LogP contribution in [-0.2, 0) is 19.1 Å². The van der Waals surface area contributed by atoms with Crippen LogP contribution in [0.4, 0.5) is 11.4 Å². The molecule has 2 amide bonds. The van der Waals surface area contributed by atoms with E-state index in [0.29, 0.717) is 16.5 Å². The molecule has 1 heterocycles. The van der Waals surface area contributed by atoms with Crippen LogP contribution in [0.25, 0.3) is 0 Å². The topological polar surface area (TPSA) is 75.7 Å². The number of hydrogen-bond acceptors (Lipinski definition) is 5. The first kappa shape index (κ1) is 20.2. The molecule has 28 heavy (non-hydrogen) atoms. The molecule has 2 aromatic rings. The van der Waals surface area contributed by atoms with Gasteiger partial charge in [0.1, 0.15) is 0 Å². The van der Waals surface area contributed by atoms with Gasteiger partial charge in [0, 0.05) is 11.4 Å². The highest BCUT2D eigenvalue weighted by molar-refractivity contribution is 8.00. The van der Waals surface area contributed by atoms with E-state index in [1.165, 1.54) is 18.7 Å². The number of benzene rings is 2. The molecule has 6 nitrogen and oxygen atoms in total. The summed E-state index contributed by atoms with van der Waals surface area (Å²) in [5.41, 5.74) is 1.24. The Labute approximate surface area is 172 Å². The number of carbonyl (C=O) groups excluding carboxylic acids is 3. The van der Waals surface area contributed by atoms with E-state index in [1.807, 2.05) is 24.3 Å². The molecular weight excluding hydrogens is 400 g/mol. The van der Waals surface area contributed by atoms with Crippen molar-refractivity contribution < 1.29 is 19.1 Å². The van der Waals surface area contributed by atoms with Crippen LogP contribution >= 0.6 is 23.4 Å². The van der Waals surface area contributed by atoms with Crippen molar-refractivity contribution in [3.05, 3.63) is 53.6 Å². The van der Waals surface area contributed by atoms with Gasteiger partial charge in [-0.25, -0.2) is 0 Å².